The van der Waals surface area contributed by atoms with Gasteiger partial charge in [-0.3, -0.25) is 14.3 Å². The van der Waals surface area contributed by atoms with E-state index in [0.717, 1.165) is 17.5 Å². The van der Waals surface area contributed by atoms with Crippen molar-refractivity contribution in [3.05, 3.63) is 26.9 Å². The fourth-order valence-electron chi connectivity index (χ4n) is 1.91. The van der Waals surface area contributed by atoms with Gasteiger partial charge in [0.15, 0.2) is 0 Å². The first-order valence-electron chi connectivity index (χ1n) is 5.28. The maximum Gasteiger partial charge on any atom is 0.329 e. The molecule has 0 spiro atoms. The summed E-state index contributed by atoms with van der Waals surface area (Å²) in [5.74, 6) is 0.775. The molecule has 1 aliphatic rings. The maximum absolute atomic E-state index is 11.4. The van der Waals surface area contributed by atoms with Crippen molar-refractivity contribution in [3.63, 3.8) is 0 Å². The number of rotatable bonds is 2. The number of aliphatic hydroxyl groups excluding tert-OH is 1. The zero-order valence-corrected chi connectivity index (χ0v) is 9.14. The van der Waals surface area contributed by atoms with Crippen LogP contribution in [0, 0.1) is 5.92 Å². The zero-order chi connectivity index (χ0) is 11.7. The average Bonchev–Trinajstić information content (AvgIpc) is 2.73. The van der Waals surface area contributed by atoms with Crippen molar-refractivity contribution in [2.45, 2.75) is 6.42 Å². The van der Waals surface area contributed by atoms with E-state index in [-0.39, 0.29) is 18.1 Å². The van der Waals surface area contributed by atoms with Crippen LogP contribution in [0.3, 0.4) is 0 Å². The van der Waals surface area contributed by atoms with Crippen LogP contribution in [0.4, 0.5) is 5.82 Å². The molecular formula is C10H15N3O3. The van der Waals surface area contributed by atoms with Gasteiger partial charge in [-0.05, 0) is 6.42 Å². The predicted molar refractivity (Wildman–Crippen MR) is 59.7 cm³/mol. The molecule has 0 amide bonds. The monoisotopic (exact) mass is 225 g/mol. The number of nitrogens with zero attached hydrogens (tertiary/aromatic N) is 2. The molecule has 1 aliphatic heterocycles. The van der Waals surface area contributed by atoms with Crippen LogP contribution < -0.4 is 16.1 Å². The number of aromatic amines is 1. The van der Waals surface area contributed by atoms with Crippen LogP contribution in [0.5, 0.6) is 0 Å². The van der Waals surface area contributed by atoms with Crippen molar-refractivity contribution < 1.29 is 5.11 Å². The molecule has 0 aromatic carbocycles. The molecule has 1 saturated heterocycles. The highest BCUT2D eigenvalue weighted by Gasteiger charge is 2.22. The second-order valence-electron chi connectivity index (χ2n) is 4.14. The van der Waals surface area contributed by atoms with E-state index in [9.17, 15) is 9.59 Å². The Balaban J connectivity index is 2.29. The van der Waals surface area contributed by atoms with E-state index in [1.54, 1.807) is 0 Å². The van der Waals surface area contributed by atoms with Crippen molar-refractivity contribution in [1.29, 1.82) is 0 Å². The van der Waals surface area contributed by atoms with Gasteiger partial charge in [-0.1, -0.05) is 0 Å². The van der Waals surface area contributed by atoms with Crippen LogP contribution in [0.2, 0.25) is 0 Å². The third kappa shape index (κ3) is 1.88. The van der Waals surface area contributed by atoms with Crippen LogP contribution >= 0.6 is 0 Å². The quantitative estimate of drug-likeness (QED) is 0.669. The summed E-state index contributed by atoms with van der Waals surface area (Å²) in [7, 11) is 1.44. The molecule has 6 nitrogen and oxygen atoms in total. The Morgan fingerprint density at radius 1 is 1.56 bits per heavy atom. The van der Waals surface area contributed by atoms with E-state index in [1.807, 2.05) is 4.90 Å². The van der Waals surface area contributed by atoms with Crippen LogP contribution in [0.15, 0.2) is 15.7 Å². The highest BCUT2D eigenvalue weighted by molar-refractivity contribution is 5.37. The largest absolute Gasteiger partial charge is 0.396 e. The summed E-state index contributed by atoms with van der Waals surface area (Å²) in [6.07, 6.45) is 0.883. The predicted octanol–water partition coefficient (Wildman–Crippen LogP) is -1.11. The van der Waals surface area contributed by atoms with E-state index < -0.39 is 5.69 Å². The Bertz CT molecular complexity index is 460. The Morgan fingerprint density at radius 2 is 2.31 bits per heavy atom. The van der Waals surface area contributed by atoms with Crippen LogP contribution in [-0.2, 0) is 7.05 Å². The molecule has 1 fully saturated rings. The van der Waals surface area contributed by atoms with Gasteiger partial charge in [-0.15, -0.1) is 0 Å². The molecule has 2 heterocycles. The molecule has 1 unspecified atom stereocenters. The number of aliphatic hydroxyl groups is 1. The number of nitrogens with one attached hydrogen (secondary N) is 1. The van der Waals surface area contributed by atoms with Gasteiger partial charge in [0.1, 0.15) is 5.82 Å². The summed E-state index contributed by atoms with van der Waals surface area (Å²) in [6, 6.07) is 1.42. The lowest BCUT2D eigenvalue weighted by molar-refractivity contribution is 0.238. The normalized spacial score (nSPS) is 20.4. The van der Waals surface area contributed by atoms with E-state index in [2.05, 4.69) is 4.98 Å². The van der Waals surface area contributed by atoms with Gasteiger partial charge in [0, 0.05) is 38.7 Å². The van der Waals surface area contributed by atoms with E-state index >= 15 is 0 Å². The Labute approximate surface area is 92.1 Å². The van der Waals surface area contributed by atoms with Gasteiger partial charge >= 0.3 is 5.69 Å². The van der Waals surface area contributed by atoms with Crippen molar-refractivity contribution in [3.8, 4) is 0 Å². The molecule has 6 heteroatoms. The molecule has 1 atom stereocenters. The molecule has 0 radical (unpaired) electrons. The molecule has 0 bridgehead atoms. The lowest BCUT2D eigenvalue weighted by Crippen LogP contribution is -2.35. The Kier molecular flexibility index (Phi) is 2.82. The smallest absolute Gasteiger partial charge is 0.329 e. The van der Waals surface area contributed by atoms with Gasteiger partial charge in [0.05, 0.1) is 0 Å². The molecule has 0 saturated carbocycles. The fourth-order valence-corrected chi connectivity index (χ4v) is 1.91. The maximum atomic E-state index is 11.4. The molecule has 16 heavy (non-hydrogen) atoms. The van der Waals surface area contributed by atoms with Crippen molar-refractivity contribution in [1.82, 2.24) is 9.55 Å². The number of H-pyrrole nitrogens is 1. The fraction of sp³-hybridized carbons (Fsp3) is 0.600. The summed E-state index contributed by atoms with van der Waals surface area (Å²) >= 11 is 0. The van der Waals surface area contributed by atoms with Gasteiger partial charge < -0.3 is 10.0 Å². The Hall–Kier alpha value is -1.56. The highest BCUT2D eigenvalue weighted by atomic mass is 16.3. The first kappa shape index (κ1) is 10.9. The molecule has 1 aromatic rings. The Morgan fingerprint density at radius 3 is 2.88 bits per heavy atom. The summed E-state index contributed by atoms with van der Waals surface area (Å²) in [6.45, 7) is 1.58. The summed E-state index contributed by atoms with van der Waals surface area (Å²) in [4.78, 5) is 27.4. The summed E-state index contributed by atoms with van der Waals surface area (Å²) < 4.78 is 1.03. The van der Waals surface area contributed by atoms with Crippen LogP contribution in [0.1, 0.15) is 6.42 Å². The summed E-state index contributed by atoms with van der Waals surface area (Å²) in [5.41, 5.74) is -0.721. The number of hydrogen-bond acceptors (Lipinski definition) is 4. The van der Waals surface area contributed by atoms with Crippen molar-refractivity contribution in [2.75, 3.05) is 24.6 Å². The number of anilines is 1. The van der Waals surface area contributed by atoms with E-state index in [1.165, 1.54) is 13.1 Å². The first-order valence-corrected chi connectivity index (χ1v) is 5.28. The first-order chi connectivity index (χ1) is 7.61. The third-order valence-electron chi connectivity index (χ3n) is 3.02. The molecule has 88 valence electrons. The number of hydrogen-bond donors (Lipinski definition) is 2. The van der Waals surface area contributed by atoms with E-state index in [4.69, 9.17) is 5.11 Å². The molecule has 2 rings (SSSR count). The minimum atomic E-state index is -0.407. The van der Waals surface area contributed by atoms with Crippen LogP contribution in [0.25, 0.3) is 0 Å². The van der Waals surface area contributed by atoms with Gasteiger partial charge in [-0.25, -0.2) is 4.79 Å². The minimum Gasteiger partial charge on any atom is -0.396 e. The average molecular weight is 225 g/mol. The SMILES string of the molecule is Cn1c(=O)cc(N2CCC(CO)C2)[nH]c1=O. The highest BCUT2D eigenvalue weighted by Crippen LogP contribution is 2.19. The van der Waals surface area contributed by atoms with Gasteiger partial charge in [0.2, 0.25) is 0 Å². The molecule has 0 aliphatic carbocycles. The molecule has 1 aromatic heterocycles. The molecule has 2 N–H and O–H groups in total. The summed E-state index contributed by atoms with van der Waals surface area (Å²) in [5, 5.41) is 9.02. The van der Waals surface area contributed by atoms with Gasteiger partial charge in [0.25, 0.3) is 5.56 Å². The van der Waals surface area contributed by atoms with Crippen molar-refractivity contribution >= 4 is 5.82 Å². The van der Waals surface area contributed by atoms with E-state index in [0.29, 0.717) is 12.4 Å². The van der Waals surface area contributed by atoms with Crippen LogP contribution in [-0.4, -0.2) is 34.4 Å². The lowest BCUT2D eigenvalue weighted by Gasteiger charge is -2.17. The second kappa shape index (κ2) is 4.13. The molecular weight excluding hydrogens is 210 g/mol. The lowest BCUT2D eigenvalue weighted by atomic mass is 10.1. The second-order valence-corrected chi connectivity index (χ2v) is 4.14. The standard InChI is InChI=1S/C10H15N3O3/c1-12-9(15)4-8(11-10(12)16)13-3-2-7(5-13)6-14/h4,7,14H,2-3,5-6H2,1H3,(H,11,16). The zero-order valence-electron chi connectivity index (χ0n) is 9.14. The third-order valence-corrected chi connectivity index (χ3v) is 3.02. The topological polar surface area (TPSA) is 78.3 Å². The minimum absolute atomic E-state index is 0.144. The van der Waals surface area contributed by atoms with Crippen molar-refractivity contribution in [2.24, 2.45) is 13.0 Å². The van der Waals surface area contributed by atoms with Gasteiger partial charge in [-0.2, -0.15) is 0 Å². The number of aromatic nitrogens is 2.